The monoisotopic (exact) mass is 303 g/mol. The lowest BCUT2D eigenvalue weighted by Gasteiger charge is -2.32. The van der Waals surface area contributed by atoms with Crippen LogP contribution < -0.4 is 10.1 Å². The second-order valence-electron chi connectivity index (χ2n) is 7.20. The summed E-state index contributed by atoms with van der Waals surface area (Å²) in [4.78, 5) is 0. The van der Waals surface area contributed by atoms with Crippen LogP contribution in [0.2, 0.25) is 0 Å². The van der Waals surface area contributed by atoms with Crippen LogP contribution in [-0.2, 0) is 0 Å². The van der Waals surface area contributed by atoms with Crippen LogP contribution >= 0.6 is 0 Å². The van der Waals surface area contributed by atoms with Gasteiger partial charge in [0, 0.05) is 18.0 Å². The minimum Gasteiger partial charge on any atom is -0.493 e. The van der Waals surface area contributed by atoms with Crippen LogP contribution in [-0.4, -0.2) is 24.4 Å². The SMILES string of the molecule is CC(C)c1cccc2c1OCCC2NCC1CCCC(O)C1. The standard InChI is InChI=1S/C19H29NO2/c1-13(2)16-7-4-8-17-18(9-10-22-19(16)17)20-12-14-5-3-6-15(21)11-14/h4,7-8,13-15,18,20-21H,3,5-6,9-12H2,1-2H3. The van der Waals surface area contributed by atoms with E-state index in [1.807, 2.05) is 0 Å². The largest absolute Gasteiger partial charge is 0.493 e. The second kappa shape index (κ2) is 7.01. The van der Waals surface area contributed by atoms with Gasteiger partial charge in [0.25, 0.3) is 0 Å². The molecule has 1 fully saturated rings. The zero-order valence-electron chi connectivity index (χ0n) is 13.8. The van der Waals surface area contributed by atoms with E-state index in [2.05, 4.69) is 37.4 Å². The van der Waals surface area contributed by atoms with Crippen molar-refractivity contribution in [2.45, 2.75) is 64.0 Å². The first-order valence-electron chi connectivity index (χ1n) is 8.82. The van der Waals surface area contributed by atoms with Crippen molar-refractivity contribution in [3.05, 3.63) is 29.3 Å². The van der Waals surface area contributed by atoms with Crippen LogP contribution in [0.5, 0.6) is 5.75 Å². The molecule has 1 heterocycles. The zero-order valence-corrected chi connectivity index (χ0v) is 13.8. The van der Waals surface area contributed by atoms with Crippen LogP contribution in [0.15, 0.2) is 18.2 Å². The molecule has 22 heavy (non-hydrogen) atoms. The highest BCUT2D eigenvalue weighted by atomic mass is 16.5. The smallest absolute Gasteiger partial charge is 0.127 e. The molecule has 3 heteroatoms. The van der Waals surface area contributed by atoms with E-state index in [0.29, 0.717) is 17.9 Å². The van der Waals surface area contributed by atoms with Crippen molar-refractivity contribution in [2.24, 2.45) is 5.92 Å². The highest BCUT2D eigenvalue weighted by Crippen LogP contribution is 2.38. The molecule has 1 saturated carbocycles. The first-order chi connectivity index (χ1) is 10.6. The molecule has 0 amide bonds. The molecule has 2 N–H and O–H groups in total. The van der Waals surface area contributed by atoms with E-state index in [-0.39, 0.29) is 6.10 Å². The highest BCUT2D eigenvalue weighted by Gasteiger charge is 2.26. The Balaban J connectivity index is 1.68. The van der Waals surface area contributed by atoms with E-state index in [1.54, 1.807) is 0 Å². The van der Waals surface area contributed by atoms with Gasteiger partial charge in [-0.25, -0.2) is 0 Å². The summed E-state index contributed by atoms with van der Waals surface area (Å²) in [6, 6.07) is 6.93. The van der Waals surface area contributed by atoms with Gasteiger partial charge in [-0.15, -0.1) is 0 Å². The van der Waals surface area contributed by atoms with Crippen molar-refractivity contribution in [3.63, 3.8) is 0 Å². The maximum Gasteiger partial charge on any atom is 0.127 e. The fourth-order valence-corrected chi connectivity index (χ4v) is 3.87. The summed E-state index contributed by atoms with van der Waals surface area (Å²) in [5.74, 6) is 2.20. The third-order valence-corrected chi connectivity index (χ3v) is 5.13. The van der Waals surface area contributed by atoms with Crippen molar-refractivity contribution in [1.82, 2.24) is 5.32 Å². The molecule has 2 aliphatic rings. The van der Waals surface area contributed by atoms with E-state index < -0.39 is 0 Å². The Morgan fingerprint density at radius 3 is 2.91 bits per heavy atom. The summed E-state index contributed by atoms with van der Waals surface area (Å²) >= 11 is 0. The Labute approximate surface area is 134 Å². The van der Waals surface area contributed by atoms with Gasteiger partial charge >= 0.3 is 0 Å². The van der Waals surface area contributed by atoms with E-state index in [1.165, 1.54) is 17.5 Å². The van der Waals surface area contributed by atoms with Crippen LogP contribution in [0.25, 0.3) is 0 Å². The van der Waals surface area contributed by atoms with Gasteiger partial charge in [0.15, 0.2) is 0 Å². The predicted octanol–water partition coefficient (Wildman–Crippen LogP) is 3.77. The Morgan fingerprint density at radius 1 is 1.27 bits per heavy atom. The van der Waals surface area contributed by atoms with Gasteiger partial charge in [-0.1, -0.05) is 38.5 Å². The molecule has 1 aromatic carbocycles. The van der Waals surface area contributed by atoms with Crippen molar-refractivity contribution < 1.29 is 9.84 Å². The number of ether oxygens (including phenoxy) is 1. The summed E-state index contributed by atoms with van der Waals surface area (Å²) in [5, 5.41) is 13.6. The van der Waals surface area contributed by atoms with Gasteiger partial charge in [-0.2, -0.15) is 0 Å². The average molecular weight is 303 g/mol. The van der Waals surface area contributed by atoms with Crippen molar-refractivity contribution in [1.29, 1.82) is 0 Å². The number of para-hydroxylation sites is 1. The summed E-state index contributed by atoms with van der Waals surface area (Å²) in [5.41, 5.74) is 2.63. The quantitative estimate of drug-likeness (QED) is 0.889. The van der Waals surface area contributed by atoms with Gasteiger partial charge in [0.05, 0.1) is 12.7 Å². The first kappa shape index (κ1) is 15.8. The molecule has 0 radical (unpaired) electrons. The van der Waals surface area contributed by atoms with E-state index in [9.17, 15) is 5.11 Å². The van der Waals surface area contributed by atoms with Gasteiger partial charge in [0.1, 0.15) is 5.75 Å². The zero-order chi connectivity index (χ0) is 15.5. The topological polar surface area (TPSA) is 41.5 Å². The van der Waals surface area contributed by atoms with Gasteiger partial charge in [0.2, 0.25) is 0 Å². The van der Waals surface area contributed by atoms with E-state index in [4.69, 9.17) is 4.74 Å². The second-order valence-corrected chi connectivity index (χ2v) is 7.20. The molecule has 0 aromatic heterocycles. The molecule has 3 unspecified atom stereocenters. The lowest BCUT2D eigenvalue weighted by atomic mass is 9.86. The molecule has 3 atom stereocenters. The van der Waals surface area contributed by atoms with Crippen LogP contribution in [0.1, 0.15) is 69.0 Å². The number of aliphatic hydroxyl groups excluding tert-OH is 1. The molecule has 0 saturated heterocycles. The van der Waals surface area contributed by atoms with Gasteiger partial charge < -0.3 is 15.2 Å². The number of aliphatic hydroxyl groups is 1. The molecule has 0 spiro atoms. The number of hydrogen-bond donors (Lipinski definition) is 2. The number of fused-ring (bicyclic) bond motifs is 1. The normalized spacial score (nSPS) is 28.3. The lowest BCUT2D eigenvalue weighted by Crippen LogP contribution is -2.34. The molecule has 0 bridgehead atoms. The number of rotatable bonds is 4. The number of benzene rings is 1. The Kier molecular flexibility index (Phi) is 5.04. The van der Waals surface area contributed by atoms with Gasteiger partial charge in [-0.3, -0.25) is 0 Å². The maximum absolute atomic E-state index is 9.82. The van der Waals surface area contributed by atoms with Gasteiger partial charge in [-0.05, 0) is 43.2 Å². The van der Waals surface area contributed by atoms with Crippen molar-refractivity contribution in [2.75, 3.05) is 13.2 Å². The summed E-state index contributed by atoms with van der Waals surface area (Å²) < 4.78 is 5.98. The number of nitrogens with one attached hydrogen (secondary N) is 1. The maximum atomic E-state index is 9.82. The highest BCUT2D eigenvalue weighted by molar-refractivity contribution is 5.46. The van der Waals surface area contributed by atoms with Crippen LogP contribution in [0, 0.1) is 5.92 Å². The summed E-state index contributed by atoms with van der Waals surface area (Å²) in [6.07, 6.45) is 5.28. The third kappa shape index (κ3) is 3.47. The van der Waals surface area contributed by atoms with Crippen LogP contribution in [0.3, 0.4) is 0 Å². The third-order valence-electron chi connectivity index (χ3n) is 5.13. The van der Waals surface area contributed by atoms with Crippen LogP contribution in [0.4, 0.5) is 0 Å². The fourth-order valence-electron chi connectivity index (χ4n) is 3.87. The number of hydrogen-bond acceptors (Lipinski definition) is 3. The predicted molar refractivity (Wildman–Crippen MR) is 89.4 cm³/mol. The van der Waals surface area contributed by atoms with Crippen molar-refractivity contribution >= 4 is 0 Å². The Morgan fingerprint density at radius 2 is 2.14 bits per heavy atom. The molecule has 1 aliphatic carbocycles. The van der Waals surface area contributed by atoms with E-state index in [0.717, 1.165) is 44.6 Å². The minimum atomic E-state index is -0.0879. The van der Waals surface area contributed by atoms with E-state index >= 15 is 0 Å². The molecule has 1 aromatic rings. The van der Waals surface area contributed by atoms with Crippen molar-refractivity contribution in [3.8, 4) is 5.75 Å². The molecule has 3 nitrogen and oxygen atoms in total. The molecule has 3 rings (SSSR count). The minimum absolute atomic E-state index is 0.0879. The molecular formula is C19H29NO2. The Hall–Kier alpha value is -1.06. The fraction of sp³-hybridized carbons (Fsp3) is 0.684. The summed E-state index contributed by atoms with van der Waals surface area (Å²) in [7, 11) is 0. The summed E-state index contributed by atoms with van der Waals surface area (Å²) in [6.45, 7) is 6.24. The Bertz CT molecular complexity index is 500. The molecule has 1 aliphatic heterocycles. The average Bonchev–Trinajstić information content (AvgIpc) is 2.52. The molecule has 122 valence electrons. The lowest BCUT2D eigenvalue weighted by molar-refractivity contribution is 0.0987. The molecular weight excluding hydrogens is 274 g/mol. The first-order valence-corrected chi connectivity index (χ1v) is 8.82.